The zero-order valence-corrected chi connectivity index (χ0v) is 16.0. The summed E-state index contributed by atoms with van der Waals surface area (Å²) in [5, 5.41) is 0. The van der Waals surface area contributed by atoms with Crippen molar-refractivity contribution >= 4 is 25.0 Å². The van der Waals surface area contributed by atoms with E-state index in [0.29, 0.717) is 10.6 Å². The molecular weight excluding hydrogens is 310 g/mol. The second kappa shape index (κ2) is 8.72. The number of piperidine rings is 1. The first kappa shape index (κ1) is 17.5. The second-order valence-corrected chi connectivity index (χ2v) is 10.5. The van der Waals surface area contributed by atoms with Crippen LogP contribution in [0.4, 0.5) is 5.69 Å². The van der Waals surface area contributed by atoms with Crippen molar-refractivity contribution in [2.45, 2.75) is 56.0 Å². The van der Waals surface area contributed by atoms with Crippen molar-refractivity contribution in [3.8, 4) is 0 Å². The Hall–Kier alpha value is -0.813. The maximum Gasteiger partial charge on any atom is 0.178 e. The molecule has 0 aromatic heterocycles. The van der Waals surface area contributed by atoms with Crippen LogP contribution in [0.5, 0.6) is 0 Å². The molecule has 0 atom stereocenters. The monoisotopic (exact) mass is 339 g/mol. The third-order valence-electron chi connectivity index (χ3n) is 4.43. The third kappa shape index (κ3) is 5.13. The van der Waals surface area contributed by atoms with Crippen molar-refractivity contribution in [1.29, 1.82) is 0 Å². The Balaban J connectivity index is 1.90. The molecule has 2 rings (SSSR count). The Morgan fingerprint density at radius 1 is 1.05 bits per heavy atom. The van der Waals surface area contributed by atoms with Crippen LogP contribution < -0.4 is 4.90 Å². The van der Waals surface area contributed by atoms with E-state index in [1.165, 1.54) is 31.7 Å². The van der Waals surface area contributed by atoms with E-state index in [4.69, 9.17) is 0 Å². The third-order valence-corrected chi connectivity index (χ3v) is 8.46. The molecule has 0 unspecified atom stereocenters. The molecule has 22 heavy (non-hydrogen) atoms. The molecule has 0 bridgehead atoms. The molecule has 3 nitrogen and oxygen atoms in total. The SMILES string of the molecule is CCC[SiH2]CCCS(=O)(=O)c1ccc(N2CCCCC2)cc1. The number of hydrogen-bond acceptors (Lipinski definition) is 3. The van der Waals surface area contributed by atoms with Gasteiger partial charge in [-0.25, -0.2) is 8.42 Å². The summed E-state index contributed by atoms with van der Waals surface area (Å²) in [6, 6.07) is 10.0. The first-order chi connectivity index (χ1) is 10.6. The highest BCUT2D eigenvalue weighted by molar-refractivity contribution is 7.91. The molecule has 0 spiro atoms. The summed E-state index contributed by atoms with van der Waals surface area (Å²) < 4.78 is 24.7. The van der Waals surface area contributed by atoms with Crippen LogP contribution in [-0.2, 0) is 9.84 Å². The molecule has 0 saturated carbocycles. The number of sulfone groups is 1. The van der Waals surface area contributed by atoms with Crippen molar-refractivity contribution in [3.63, 3.8) is 0 Å². The predicted molar refractivity (Wildman–Crippen MR) is 97.6 cm³/mol. The highest BCUT2D eigenvalue weighted by Gasteiger charge is 2.15. The molecule has 1 heterocycles. The Kier molecular flexibility index (Phi) is 6.95. The van der Waals surface area contributed by atoms with Crippen LogP contribution in [0.3, 0.4) is 0 Å². The number of nitrogens with zero attached hydrogens (tertiary/aromatic N) is 1. The molecule has 1 aliphatic heterocycles. The summed E-state index contributed by atoms with van der Waals surface area (Å²) in [4.78, 5) is 2.85. The highest BCUT2D eigenvalue weighted by atomic mass is 32.2. The summed E-state index contributed by atoms with van der Waals surface area (Å²) in [7, 11) is -3.12. The number of hydrogen-bond donors (Lipinski definition) is 0. The van der Waals surface area contributed by atoms with Crippen LogP contribution in [0.25, 0.3) is 0 Å². The quantitative estimate of drug-likeness (QED) is 0.539. The molecule has 0 aliphatic carbocycles. The van der Waals surface area contributed by atoms with E-state index in [1.54, 1.807) is 12.1 Å². The van der Waals surface area contributed by atoms with Gasteiger partial charge in [0.15, 0.2) is 9.84 Å². The van der Waals surface area contributed by atoms with Gasteiger partial charge in [-0.05, 0) is 49.9 Å². The minimum atomic E-state index is -3.09. The van der Waals surface area contributed by atoms with Crippen molar-refractivity contribution in [1.82, 2.24) is 0 Å². The standard InChI is InChI=1S/C17H29NO2SSi/c1-2-14-22-15-6-13-21(19,20)17-9-7-16(8-10-17)18-11-4-3-5-12-18/h7-10H,2-6,11-15,22H2,1H3. The molecule has 1 aliphatic rings. The topological polar surface area (TPSA) is 37.4 Å². The first-order valence-corrected chi connectivity index (χ1v) is 12.4. The lowest BCUT2D eigenvalue weighted by Gasteiger charge is -2.28. The molecule has 1 aromatic carbocycles. The molecule has 0 amide bonds. The molecular formula is C17H29NO2SSi. The average Bonchev–Trinajstić information content (AvgIpc) is 2.55. The van der Waals surface area contributed by atoms with E-state index in [0.717, 1.165) is 31.2 Å². The molecule has 1 aromatic rings. The Bertz CT molecular complexity index is 536. The Morgan fingerprint density at radius 2 is 1.73 bits per heavy atom. The maximum atomic E-state index is 12.4. The predicted octanol–water partition coefficient (Wildman–Crippen LogP) is 3.26. The van der Waals surface area contributed by atoms with E-state index in [-0.39, 0.29) is 9.52 Å². The summed E-state index contributed by atoms with van der Waals surface area (Å²) in [6.07, 6.45) is 5.87. The molecule has 1 fully saturated rings. The smallest absolute Gasteiger partial charge is 0.178 e. The lowest BCUT2D eigenvalue weighted by Crippen LogP contribution is -2.29. The van der Waals surface area contributed by atoms with Crippen molar-refractivity contribution in [2.75, 3.05) is 23.7 Å². The Labute approximate surface area is 137 Å². The van der Waals surface area contributed by atoms with Crippen LogP contribution >= 0.6 is 0 Å². The lowest BCUT2D eigenvalue weighted by atomic mass is 10.1. The first-order valence-electron chi connectivity index (χ1n) is 8.71. The van der Waals surface area contributed by atoms with E-state index in [2.05, 4.69) is 11.8 Å². The van der Waals surface area contributed by atoms with Gasteiger partial charge in [0, 0.05) is 28.3 Å². The highest BCUT2D eigenvalue weighted by Crippen LogP contribution is 2.22. The van der Waals surface area contributed by atoms with E-state index < -0.39 is 9.84 Å². The van der Waals surface area contributed by atoms with Gasteiger partial charge in [0.2, 0.25) is 0 Å². The zero-order chi connectivity index (χ0) is 15.8. The average molecular weight is 340 g/mol. The van der Waals surface area contributed by atoms with Crippen LogP contribution in [0, 0.1) is 0 Å². The molecule has 124 valence electrons. The summed E-state index contributed by atoms with van der Waals surface area (Å²) in [6.45, 7) is 4.38. The van der Waals surface area contributed by atoms with Gasteiger partial charge in [-0.1, -0.05) is 25.4 Å². The maximum absolute atomic E-state index is 12.4. The van der Waals surface area contributed by atoms with Crippen molar-refractivity contribution in [2.24, 2.45) is 0 Å². The fraction of sp³-hybridized carbons (Fsp3) is 0.647. The molecule has 0 radical (unpaired) electrons. The van der Waals surface area contributed by atoms with Crippen LogP contribution in [0.15, 0.2) is 29.2 Å². The van der Waals surface area contributed by atoms with Gasteiger partial charge >= 0.3 is 0 Å². The van der Waals surface area contributed by atoms with E-state index >= 15 is 0 Å². The van der Waals surface area contributed by atoms with Gasteiger partial charge < -0.3 is 4.90 Å². The van der Waals surface area contributed by atoms with Gasteiger partial charge in [0.05, 0.1) is 10.6 Å². The van der Waals surface area contributed by atoms with Gasteiger partial charge in [0.25, 0.3) is 0 Å². The van der Waals surface area contributed by atoms with E-state index in [9.17, 15) is 8.42 Å². The zero-order valence-electron chi connectivity index (χ0n) is 13.8. The van der Waals surface area contributed by atoms with Gasteiger partial charge in [-0.3, -0.25) is 0 Å². The summed E-state index contributed by atoms with van der Waals surface area (Å²) >= 11 is 0. The number of benzene rings is 1. The van der Waals surface area contributed by atoms with Crippen LogP contribution in [0.1, 0.15) is 39.0 Å². The van der Waals surface area contributed by atoms with Crippen molar-refractivity contribution < 1.29 is 8.42 Å². The van der Waals surface area contributed by atoms with Gasteiger partial charge in [-0.2, -0.15) is 0 Å². The molecule has 1 saturated heterocycles. The summed E-state index contributed by atoms with van der Waals surface area (Å²) in [5.74, 6) is 0.312. The molecule has 0 N–H and O–H groups in total. The largest absolute Gasteiger partial charge is 0.372 e. The van der Waals surface area contributed by atoms with Gasteiger partial charge in [-0.15, -0.1) is 0 Å². The van der Waals surface area contributed by atoms with Crippen molar-refractivity contribution in [3.05, 3.63) is 24.3 Å². The lowest BCUT2D eigenvalue weighted by molar-refractivity contribution is 0.577. The van der Waals surface area contributed by atoms with Crippen LogP contribution in [0.2, 0.25) is 12.1 Å². The minimum Gasteiger partial charge on any atom is -0.372 e. The second-order valence-electron chi connectivity index (χ2n) is 6.27. The van der Waals surface area contributed by atoms with E-state index in [1.807, 2.05) is 12.1 Å². The number of rotatable bonds is 8. The molecule has 5 heteroatoms. The normalized spacial score (nSPS) is 16.5. The minimum absolute atomic E-state index is 0.0286. The fourth-order valence-electron chi connectivity index (χ4n) is 3.03. The summed E-state index contributed by atoms with van der Waals surface area (Å²) in [5.41, 5.74) is 1.16. The van der Waals surface area contributed by atoms with Crippen LogP contribution in [-0.4, -0.2) is 36.8 Å². The fourth-order valence-corrected chi connectivity index (χ4v) is 6.22. The van der Waals surface area contributed by atoms with Gasteiger partial charge in [0.1, 0.15) is 0 Å². The number of anilines is 1. The Morgan fingerprint density at radius 3 is 2.36 bits per heavy atom.